The smallest absolute Gasteiger partial charge is 0.259 e. The van der Waals surface area contributed by atoms with Crippen LogP contribution in [-0.4, -0.2) is 32.6 Å². The number of hydrogen-bond donors (Lipinski definition) is 2. The number of aromatic nitrogens is 4. The predicted octanol–water partition coefficient (Wildman–Crippen LogP) is 1.57. The van der Waals surface area contributed by atoms with Crippen molar-refractivity contribution < 1.29 is 4.79 Å². The van der Waals surface area contributed by atoms with Crippen molar-refractivity contribution in [2.75, 3.05) is 17.2 Å². The van der Waals surface area contributed by atoms with Crippen molar-refractivity contribution in [3.63, 3.8) is 0 Å². The summed E-state index contributed by atoms with van der Waals surface area (Å²) in [5.74, 6) is 0.604. The minimum Gasteiger partial charge on any atom is -0.370 e. The van der Waals surface area contributed by atoms with E-state index in [1.54, 1.807) is 12.1 Å². The summed E-state index contributed by atoms with van der Waals surface area (Å²) in [6.45, 7) is 6.38. The summed E-state index contributed by atoms with van der Waals surface area (Å²) in [6.07, 6.45) is 1.50. The Bertz CT molecular complexity index is 611. The summed E-state index contributed by atoms with van der Waals surface area (Å²) in [7, 11) is 0. The van der Waals surface area contributed by atoms with E-state index in [-0.39, 0.29) is 11.9 Å². The van der Waals surface area contributed by atoms with Crippen LogP contribution in [0.1, 0.15) is 28.7 Å². The van der Waals surface area contributed by atoms with Gasteiger partial charge in [-0.2, -0.15) is 5.10 Å². The van der Waals surface area contributed by atoms with E-state index < -0.39 is 0 Å². The first-order valence-electron chi connectivity index (χ1n) is 6.29. The van der Waals surface area contributed by atoms with Crippen LogP contribution >= 0.6 is 0 Å². The Morgan fingerprint density at radius 3 is 2.60 bits per heavy atom. The number of amides is 1. The normalized spacial score (nSPS) is 10.2. The van der Waals surface area contributed by atoms with Crippen molar-refractivity contribution in [1.82, 2.24) is 20.2 Å². The maximum absolute atomic E-state index is 12.0. The number of carbonyl (C=O) groups excluding carboxylic acids is 1. The van der Waals surface area contributed by atoms with Gasteiger partial charge in [-0.15, -0.1) is 5.10 Å². The Kier molecular flexibility index (Phi) is 4.19. The molecule has 0 atom stereocenters. The van der Waals surface area contributed by atoms with E-state index in [0.29, 0.717) is 5.56 Å². The van der Waals surface area contributed by atoms with Crippen LogP contribution in [0.5, 0.6) is 0 Å². The number of aryl methyl sites for hydroxylation is 2. The molecule has 20 heavy (non-hydrogen) atoms. The van der Waals surface area contributed by atoms with Gasteiger partial charge in [-0.3, -0.25) is 10.1 Å². The van der Waals surface area contributed by atoms with Crippen molar-refractivity contribution in [2.24, 2.45) is 0 Å². The minimum absolute atomic E-state index is 0.189. The first-order valence-corrected chi connectivity index (χ1v) is 6.29. The van der Waals surface area contributed by atoms with Gasteiger partial charge >= 0.3 is 0 Å². The summed E-state index contributed by atoms with van der Waals surface area (Å²) in [5, 5.41) is 13.4. The molecular formula is C13H16N6O. The summed E-state index contributed by atoms with van der Waals surface area (Å²) < 4.78 is 0. The van der Waals surface area contributed by atoms with Gasteiger partial charge in [0.2, 0.25) is 5.95 Å². The van der Waals surface area contributed by atoms with Gasteiger partial charge in [0.05, 0.1) is 17.0 Å². The monoisotopic (exact) mass is 272 g/mol. The Morgan fingerprint density at radius 2 is 2.00 bits per heavy atom. The Hall–Kier alpha value is -2.57. The lowest BCUT2D eigenvalue weighted by atomic mass is 10.2. The van der Waals surface area contributed by atoms with Crippen LogP contribution in [0.2, 0.25) is 0 Å². The Labute approximate surface area is 116 Å². The molecule has 2 aromatic rings. The second-order valence-electron chi connectivity index (χ2n) is 4.22. The molecule has 0 spiro atoms. The SMILES string of the molecule is CCNc1ccc(C(=O)Nc2nnc(C)c(C)n2)cn1. The largest absolute Gasteiger partial charge is 0.370 e. The van der Waals surface area contributed by atoms with E-state index in [1.807, 2.05) is 20.8 Å². The number of carbonyl (C=O) groups is 1. The van der Waals surface area contributed by atoms with Gasteiger partial charge in [-0.05, 0) is 32.9 Å². The highest BCUT2D eigenvalue weighted by Gasteiger charge is 2.09. The number of nitrogens with zero attached hydrogens (tertiary/aromatic N) is 4. The van der Waals surface area contributed by atoms with Crippen LogP contribution in [0, 0.1) is 13.8 Å². The molecular weight excluding hydrogens is 256 g/mol. The van der Waals surface area contributed by atoms with Crippen LogP contribution in [-0.2, 0) is 0 Å². The number of anilines is 2. The fraction of sp³-hybridized carbons (Fsp3) is 0.308. The molecule has 0 aliphatic heterocycles. The second kappa shape index (κ2) is 6.05. The quantitative estimate of drug-likeness (QED) is 0.877. The molecule has 0 fully saturated rings. The zero-order valence-electron chi connectivity index (χ0n) is 11.6. The molecule has 0 saturated carbocycles. The zero-order chi connectivity index (χ0) is 14.5. The molecule has 2 N–H and O–H groups in total. The van der Waals surface area contributed by atoms with E-state index in [9.17, 15) is 4.79 Å². The summed E-state index contributed by atoms with van der Waals surface area (Å²) in [6, 6.07) is 3.44. The first kappa shape index (κ1) is 13.9. The van der Waals surface area contributed by atoms with Crippen LogP contribution in [0.15, 0.2) is 18.3 Å². The molecule has 0 saturated heterocycles. The third kappa shape index (κ3) is 3.25. The van der Waals surface area contributed by atoms with Crippen LogP contribution < -0.4 is 10.6 Å². The lowest BCUT2D eigenvalue weighted by Crippen LogP contribution is -2.16. The van der Waals surface area contributed by atoms with Gasteiger partial charge in [0.15, 0.2) is 0 Å². The average Bonchev–Trinajstić information content (AvgIpc) is 2.44. The third-order valence-corrected chi connectivity index (χ3v) is 2.70. The Morgan fingerprint density at radius 1 is 1.20 bits per heavy atom. The lowest BCUT2D eigenvalue weighted by Gasteiger charge is -2.06. The molecule has 0 aliphatic rings. The molecule has 0 radical (unpaired) electrons. The van der Waals surface area contributed by atoms with Crippen molar-refractivity contribution in [3.8, 4) is 0 Å². The molecule has 7 nitrogen and oxygen atoms in total. The number of nitrogens with one attached hydrogen (secondary N) is 2. The molecule has 0 bridgehead atoms. The summed E-state index contributed by atoms with van der Waals surface area (Å²) >= 11 is 0. The van der Waals surface area contributed by atoms with Crippen molar-refractivity contribution in [1.29, 1.82) is 0 Å². The maximum atomic E-state index is 12.0. The first-order chi connectivity index (χ1) is 9.60. The lowest BCUT2D eigenvalue weighted by molar-refractivity contribution is 0.102. The van der Waals surface area contributed by atoms with Gasteiger partial charge in [0.1, 0.15) is 5.82 Å². The summed E-state index contributed by atoms with van der Waals surface area (Å²) in [4.78, 5) is 20.3. The molecule has 1 amide bonds. The molecule has 2 rings (SSSR count). The van der Waals surface area contributed by atoms with Gasteiger partial charge in [0, 0.05) is 12.7 Å². The van der Waals surface area contributed by atoms with Crippen LogP contribution in [0.4, 0.5) is 11.8 Å². The summed E-state index contributed by atoms with van der Waals surface area (Å²) in [5.41, 5.74) is 1.91. The molecule has 0 unspecified atom stereocenters. The van der Waals surface area contributed by atoms with E-state index in [2.05, 4.69) is 30.8 Å². The van der Waals surface area contributed by atoms with Gasteiger partial charge < -0.3 is 5.32 Å². The Balaban J connectivity index is 2.09. The standard InChI is InChI=1S/C13H16N6O/c1-4-14-11-6-5-10(7-15-11)12(20)17-13-16-8(2)9(3)18-19-13/h5-7H,4H2,1-3H3,(H,14,15)(H,16,17,19,20). The van der Waals surface area contributed by atoms with Crippen LogP contribution in [0.25, 0.3) is 0 Å². The topological polar surface area (TPSA) is 92.7 Å². The van der Waals surface area contributed by atoms with Crippen molar-refractivity contribution >= 4 is 17.7 Å². The van der Waals surface area contributed by atoms with Crippen LogP contribution in [0.3, 0.4) is 0 Å². The highest BCUT2D eigenvalue weighted by Crippen LogP contribution is 2.07. The van der Waals surface area contributed by atoms with E-state index in [4.69, 9.17) is 0 Å². The highest BCUT2D eigenvalue weighted by molar-refractivity contribution is 6.03. The number of rotatable bonds is 4. The average molecular weight is 272 g/mol. The number of hydrogen-bond acceptors (Lipinski definition) is 6. The highest BCUT2D eigenvalue weighted by atomic mass is 16.1. The van der Waals surface area contributed by atoms with Crippen molar-refractivity contribution in [2.45, 2.75) is 20.8 Å². The van der Waals surface area contributed by atoms with E-state index in [1.165, 1.54) is 6.20 Å². The van der Waals surface area contributed by atoms with Gasteiger partial charge in [-0.1, -0.05) is 0 Å². The molecule has 7 heteroatoms. The maximum Gasteiger partial charge on any atom is 0.259 e. The fourth-order valence-corrected chi connectivity index (χ4v) is 1.50. The van der Waals surface area contributed by atoms with Gasteiger partial charge in [0.25, 0.3) is 5.91 Å². The zero-order valence-corrected chi connectivity index (χ0v) is 11.6. The number of pyridine rings is 1. The van der Waals surface area contributed by atoms with Crippen molar-refractivity contribution in [3.05, 3.63) is 35.3 Å². The molecule has 0 aliphatic carbocycles. The van der Waals surface area contributed by atoms with Gasteiger partial charge in [-0.25, -0.2) is 9.97 Å². The van der Waals surface area contributed by atoms with E-state index >= 15 is 0 Å². The predicted molar refractivity (Wildman–Crippen MR) is 75.7 cm³/mol. The minimum atomic E-state index is -0.314. The molecule has 2 aromatic heterocycles. The van der Waals surface area contributed by atoms with E-state index in [0.717, 1.165) is 23.8 Å². The molecule has 0 aromatic carbocycles. The molecule has 2 heterocycles. The fourth-order valence-electron chi connectivity index (χ4n) is 1.50. The third-order valence-electron chi connectivity index (χ3n) is 2.70. The second-order valence-corrected chi connectivity index (χ2v) is 4.22. The molecule has 104 valence electrons.